The molecule has 0 aliphatic carbocycles. The molecule has 0 bridgehead atoms. The number of anilines is 1. The van der Waals surface area contributed by atoms with E-state index >= 15 is 0 Å². The van der Waals surface area contributed by atoms with Gasteiger partial charge in [0.1, 0.15) is 0 Å². The lowest BCUT2D eigenvalue weighted by atomic mass is 10.1. The van der Waals surface area contributed by atoms with E-state index in [0.717, 1.165) is 16.8 Å². The average molecular weight is 347 g/mol. The lowest BCUT2D eigenvalue weighted by molar-refractivity contribution is -0.117. The Labute approximate surface area is 152 Å². The fourth-order valence-corrected chi connectivity index (χ4v) is 3.35. The van der Waals surface area contributed by atoms with E-state index < -0.39 is 0 Å². The summed E-state index contributed by atoms with van der Waals surface area (Å²) in [6.07, 6.45) is 0.391. The number of rotatable bonds is 3. The molecule has 0 saturated carbocycles. The minimum atomic E-state index is -0.0747. The number of aromatic nitrogens is 2. The summed E-state index contributed by atoms with van der Waals surface area (Å²) in [4.78, 5) is 18.9. The van der Waals surface area contributed by atoms with E-state index in [0.29, 0.717) is 24.7 Å². The van der Waals surface area contributed by atoms with Gasteiger partial charge in [0.05, 0.1) is 5.92 Å². The highest BCUT2D eigenvalue weighted by Crippen LogP contribution is 2.33. The predicted molar refractivity (Wildman–Crippen MR) is 100 cm³/mol. The van der Waals surface area contributed by atoms with Crippen molar-refractivity contribution in [2.45, 2.75) is 33.1 Å². The highest BCUT2D eigenvalue weighted by atomic mass is 16.5. The van der Waals surface area contributed by atoms with E-state index in [2.05, 4.69) is 30.1 Å². The first kappa shape index (κ1) is 16.5. The zero-order valence-corrected chi connectivity index (χ0v) is 15.2. The van der Waals surface area contributed by atoms with Gasteiger partial charge in [0.25, 0.3) is 0 Å². The molecule has 0 radical (unpaired) electrons. The van der Waals surface area contributed by atoms with Crippen molar-refractivity contribution in [2.75, 3.05) is 11.4 Å². The second-order valence-corrected chi connectivity index (χ2v) is 6.95. The van der Waals surface area contributed by atoms with E-state index in [4.69, 9.17) is 4.52 Å². The van der Waals surface area contributed by atoms with Gasteiger partial charge in [0.2, 0.25) is 17.6 Å². The number of carbonyl (C=O) groups is 1. The lowest BCUT2D eigenvalue weighted by Gasteiger charge is -2.17. The van der Waals surface area contributed by atoms with Crippen LogP contribution in [-0.4, -0.2) is 22.6 Å². The van der Waals surface area contributed by atoms with Crippen LogP contribution < -0.4 is 4.90 Å². The third kappa shape index (κ3) is 2.90. The maximum atomic E-state index is 12.5. The van der Waals surface area contributed by atoms with Gasteiger partial charge in [-0.3, -0.25) is 4.79 Å². The topological polar surface area (TPSA) is 59.2 Å². The Morgan fingerprint density at radius 2 is 1.85 bits per heavy atom. The molecule has 26 heavy (non-hydrogen) atoms. The Bertz CT molecular complexity index is 977. The van der Waals surface area contributed by atoms with Crippen LogP contribution in [0.5, 0.6) is 0 Å². The third-order valence-corrected chi connectivity index (χ3v) is 5.10. The van der Waals surface area contributed by atoms with Gasteiger partial charge in [0, 0.05) is 24.2 Å². The van der Waals surface area contributed by atoms with E-state index in [9.17, 15) is 4.79 Å². The van der Waals surface area contributed by atoms with Gasteiger partial charge in [-0.1, -0.05) is 35.5 Å². The molecule has 1 amide bonds. The largest absolute Gasteiger partial charge is 0.339 e. The molecule has 5 nitrogen and oxygen atoms in total. The van der Waals surface area contributed by atoms with Crippen LogP contribution in [0.4, 0.5) is 5.69 Å². The summed E-state index contributed by atoms with van der Waals surface area (Å²) in [6.45, 7) is 6.71. The van der Waals surface area contributed by atoms with Gasteiger partial charge in [-0.2, -0.15) is 4.98 Å². The summed E-state index contributed by atoms with van der Waals surface area (Å²) in [7, 11) is 0. The Balaban J connectivity index is 1.58. The lowest BCUT2D eigenvalue weighted by Crippen LogP contribution is -2.24. The van der Waals surface area contributed by atoms with Crippen LogP contribution in [0, 0.1) is 20.8 Å². The first-order valence-electron chi connectivity index (χ1n) is 8.80. The van der Waals surface area contributed by atoms with Crippen molar-refractivity contribution < 1.29 is 9.32 Å². The van der Waals surface area contributed by atoms with Gasteiger partial charge >= 0.3 is 0 Å². The minimum Gasteiger partial charge on any atom is -0.339 e. The molecule has 4 rings (SSSR count). The number of amides is 1. The summed E-state index contributed by atoms with van der Waals surface area (Å²) in [5.74, 6) is 1.13. The van der Waals surface area contributed by atoms with Crippen molar-refractivity contribution in [3.63, 3.8) is 0 Å². The van der Waals surface area contributed by atoms with E-state index in [1.807, 2.05) is 48.2 Å². The van der Waals surface area contributed by atoms with E-state index in [1.165, 1.54) is 11.1 Å². The minimum absolute atomic E-state index is 0.0747. The molecular weight excluding hydrogens is 326 g/mol. The first-order chi connectivity index (χ1) is 12.5. The number of nitrogens with zero attached hydrogens (tertiary/aromatic N) is 3. The third-order valence-electron chi connectivity index (χ3n) is 5.10. The standard InChI is InChI=1S/C21H21N3O2/c1-13-8-9-17(10-15(13)3)24-12-16(11-19(24)25)21-22-20(23-26-21)18-7-5-4-6-14(18)2/h4-10,16H,11-12H2,1-3H3/t16-/m0/s1. The van der Waals surface area contributed by atoms with Crippen molar-refractivity contribution in [3.8, 4) is 11.4 Å². The Morgan fingerprint density at radius 3 is 2.62 bits per heavy atom. The van der Waals surface area contributed by atoms with Crippen molar-refractivity contribution in [1.82, 2.24) is 10.1 Å². The molecule has 3 aromatic rings. The van der Waals surface area contributed by atoms with Gasteiger partial charge in [0.15, 0.2) is 0 Å². The SMILES string of the molecule is Cc1ccc(N2C[C@@H](c3nc(-c4ccccc4C)no3)CC2=O)cc1C. The molecule has 2 heterocycles. The summed E-state index contributed by atoms with van der Waals surface area (Å²) in [5.41, 5.74) is 5.38. The van der Waals surface area contributed by atoms with Crippen LogP contribution >= 0.6 is 0 Å². The van der Waals surface area contributed by atoms with Gasteiger partial charge in [-0.25, -0.2) is 0 Å². The van der Waals surface area contributed by atoms with Gasteiger partial charge in [-0.05, 0) is 49.6 Å². The molecule has 1 aromatic heterocycles. The van der Waals surface area contributed by atoms with Crippen molar-refractivity contribution in [1.29, 1.82) is 0 Å². The Hall–Kier alpha value is -2.95. The smallest absolute Gasteiger partial charge is 0.232 e. The second-order valence-electron chi connectivity index (χ2n) is 6.95. The second kappa shape index (κ2) is 6.41. The predicted octanol–water partition coefficient (Wildman–Crippen LogP) is 4.18. The maximum absolute atomic E-state index is 12.5. The summed E-state index contributed by atoms with van der Waals surface area (Å²) < 4.78 is 5.49. The summed E-state index contributed by atoms with van der Waals surface area (Å²) in [6, 6.07) is 14.0. The molecule has 0 N–H and O–H groups in total. The number of benzene rings is 2. The molecule has 132 valence electrons. The normalized spacial score (nSPS) is 17.1. The van der Waals surface area contributed by atoms with Crippen LogP contribution in [0.2, 0.25) is 0 Å². The fraction of sp³-hybridized carbons (Fsp3) is 0.286. The molecule has 5 heteroatoms. The first-order valence-corrected chi connectivity index (χ1v) is 8.80. The van der Waals surface area contributed by atoms with E-state index in [1.54, 1.807) is 0 Å². The molecule has 1 aliphatic rings. The fourth-order valence-electron chi connectivity index (χ4n) is 3.35. The summed E-state index contributed by atoms with van der Waals surface area (Å²) in [5, 5.41) is 4.12. The average Bonchev–Trinajstić information content (AvgIpc) is 3.25. The zero-order chi connectivity index (χ0) is 18.3. The molecule has 1 fully saturated rings. The van der Waals surface area contributed by atoms with E-state index in [-0.39, 0.29) is 11.8 Å². The Kier molecular flexibility index (Phi) is 4.07. The van der Waals surface area contributed by atoms with Crippen LogP contribution in [0.1, 0.15) is 34.9 Å². The van der Waals surface area contributed by atoms with Crippen molar-refractivity contribution >= 4 is 11.6 Å². The number of hydrogen-bond acceptors (Lipinski definition) is 4. The molecule has 1 aliphatic heterocycles. The highest BCUT2D eigenvalue weighted by molar-refractivity contribution is 5.96. The number of aryl methyl sites for hydroxylation is 3. The molecule has 1 saturated heterocycles. The quantitative estimate of drug-likeness (QED) is 0.713. The molecular formula is C21H21N3O2. The van der Waals surface area contributed by atoms with Crippen LogP contribution in [0.25, 0.3) is 11.4 Å². The number of carbonyl (C=O) groups excluding carboxylic acids is 1. The molecule has 0 spiro atoms. The van der Waals surface area contributed by atoms with Crippen molar-refractivity contribution in [3.05, 3.63) is 65.0 Å². The summed E-state index contributed by atoms with van der Waals surface area (Å²) >= 11 is 0. The van der Waals surface area contributed by atoms with Gasteiger partial charge < -0.3 is 9.42 Å². The number of hydrogen-bond donors (Lipinski definition) is 0. The highest BCUT2D eigenvalue weighted by Gasteiger charge is 2.35. The molecule has 0 unspecified atom stereocenters. The van der Waals surface area contributed by atoms with Crippen LogP contribution in [-0.2, 0) is 4.79 Å². The molecule has 2 aromatic carbocycles. The monoisotopic (exact) mass is 347 g/mol. The van der Waals surface area contributed by atoms with Gasteiger partial charge in [-0.15, -0.1) is 0 Å². The van der Waals surface area contributed by atoms with Crippen LogP contribution in [0.3, 0.4) is 0 Å². The maximum Gasteiger partial charge on any atom is 0.232 e. The van der Waals surface area contributed by atoms with Crippen molar-refractivity contribution in [2.24, 2.45) is 0 Å². The zero-order valence-electron chi connectivity index (χ0n) is 15.2. The molecule has 1 atom stereocenters. The Morgan fingerprint density at radius 1 is 1.04 bits per heavy atom. The van der Waals surface area contributed by atoms with Crippen LogP contribution in [0.15, 0.2) is 47.0 Å².